The number of fused-ring (bicyclic) bond motifs is 1. The minimum absolute atomic E-state index is 0.199. The molecule has 0 spiro atoms. The van der Waals surface area contributed by atoms with Gasteiger partial charge in [-0.2, -0.15) is 0 Å². The summed E-state index contributed by atoms with van der Waals surface area (Å²) in [6.07, 6.45) is 3.37. The largest absolute Gasteiger partial charge is 0.317 e. The Labute approximate surface area is 110 Å². The summed E-state index contributed by atoms with van der Waals surface area (Å²) in [5.74, 6) is -0.199. The van der Waals surface area contributed by atoms with Crippen molar-refractivity contribution in [2.45, 2.75) is 31.6 Å². The Morgan fingerprint density at radius 2 is 2.17 bits per heavy atom. The lowest BCUT2D eigenvalue weighted by molar-refractivity contribution is 0.297. The SMILES string of the molecule is CCC1(c2nc3cc(F)ccc3s2)CCNCC1. The number of aromatic nitrogens is 1. The van der Waals surface area contributed by atoms with E-state index in [-0.39, 0.29) is 11.2 Å². The minimum Gasteiger partial charge on any atom is -0.317 e. The Bertz CT molecular complexity index is 558. The van der Waals surface area contributed by atoms with E-state index in [1.165, 1.54) is 11.1 Å². The molecule has 0 atom stereocenters. The molecule has 2 aromatic rings. The van der Waals surface area contributed by atoms with Crippen LogP contribution in [0.4, 0.5) is 4.39 Å². The summed E-state index contributed by atoms with van der Waals surface area (Å²) in [6, 6.07) is 4.90. The fourth-order valence-corrected chi connectivity index (χ4v) is 4.01. The van der Waals surface area contributed by atoms with Crippen molar-refractivity contribution in [3.05, 3.63) is 29.0 Å². The Kier molecular flexibility index (Phi) is 3.08. The topological polar surface area (TPSA) is 24.9 Å². The third-order valence-corrected chi connectivity index (χ3v) is 5.32. The van der Waals surface area contributed by atoms with Crippen LogP contribution in [-0.4, -0.2) is 18.1 Å². The van der Waals surface area contributed by atoms with Gasteiger partial charge in [-0.25, -0.2) is 9.37 Å². The van der Waals surface area contributed by atoms with E-state index in [4.69, 9.17) is 4.98 Å². The summed E-state index contributed by atoms with van der Waals surface area (Å²) in [5.41, 5.74) is 1.01. The average molecular weight is 264 g/mol. The zero-order chi connectivity index (χ0) is 12.6. The number of rotatable bonds is 2. The van der Waals surface area contributed by atoms with E-state index in [1.807, 2.05) is 6.07 Å². The van der Waals surface area contributed by atoms with Crippen molar-refractivity contribution in [2.75, 3.05) is 13.1 Å². The van der Waals surface area contributed by atoms with Gasteiger partial charge < -0.3 is 5.32 Å². The number of nitrogens with zero attached hydrogens (tertiary/aromatic N) is 1. The fraction of sp³-hybridized carbons (Fsp3) is 0.500. The second-order valence-corrected chi connectivity index (χ2v) is 6.05. The summed E-state index contributed by atoms with van der Waals surface area (Å²) in [4.78, 5) is 4.69. The van der Waals surface area contributed by atoms with Gasteiger partial charge in [-0.3, -0.25) is 0 Å². The van der Waals surface area contributed by atoms with Crippen molar-refractivity contribution >= 4 is 21.6 Å². The lowest BCUT2D eigenvalue weighted by atomic mass is 9.77. The van der Waals surface area contributed by atoms with Crippen LogP contribution in [0, 0.1) is 5.82 Å². The second-order valence-electron chi connectivity index (χ2n) is 5.01. The molecule has 0 bridgehead atoms. The molecule has 1 aromatic carbocycles. The molecule has 4 heteroatoms. The van der Waals surface area contributed by atoms with Gasteiger partial charge in [0.2, 0.25) is 0 Å². The summed E-state index contributed by atoms with van der Waals surface area (Å²) in [5, 5.41) is 4.59. The molecule has 18 heavy (non-hydrogen) atoms. The van der Waals surface area contributed by atoms with E-state index >= 15 is 0 Å². The number of hydrogen-bond acceptors (Lipinski definition) is 3. The standard InChI is InChI=1S/C14H17FN2S/c1-2-14(5-7-16-8-6-14)13-17-11-9-10(15)3-4-12(11)18-13/h3-4,9,16H,2,5-8H2,1H3. The summed E-state index contributed by atoms with van der Waals surface area (Å²) in [7, 11) is 0. The van der Waals surface area contributed by atoms with E-state index in [2.05, 4.69) is 12.2 Å². The van der Waals surface area contributed by atoms with Gasteiger partial charge in [0.05, 0.1) is 10.2 Å². The van der Waals surface area contributed by atoms with E-state index in [1.54, 1.807) is 17.4 Å². The molecule has 1 N–H and O–H groups in total. The van der Waals surface area contributed by atoms with Crippen LogP contribution in [0.5, 0.6) is 0 Å². The van der Waals surface area contributed by atoms with Gasteiger partial charge in [0.15, 0.2) is 0 Å². The second kappa shape index (κ2) is 4.59. The van der Waals surface area contributed by atoms with Gasteiger partial charge in [-0.15, -0.1) is 11.3 Å². The molecule has 1 aliphatic rings. The smallest absolute Gasteiger partial charge is 0.125 e. The quantitative estimate of drug-likeness (QED) is 0.898. The van der Waals surface area contributed by atoms with Gasteiger partial charge in [-0.1, -0.05) is 6.92 Å². The minimum atomic E-state index is -0.199. The lowest BCUT2D eigenvalue weighted by Crippen LogP contribution is -2.39. The Hall–Kier alpha value is -1.00. The van der Waals surface area contributed by atoms with Crippen LogP contribution >= 0.6 is 11.3 Å². The maximum Gasteiger partial charge on any atom is 0.125 e. The van der Waals surface area contributed by atoms with Gasteiger partial charge in [-0.05, 0) is 44.5 Å². The van der Waals surface area contributed by atoms with Crippen LogP contribution in [0.2, 0.25) is 0 Å². The monoisotopic (exact) mass is 264 g/mol. The van der Waals surface area contributed by atoms with E-state index in [9.17, 15) is 4.39 Å². The third kappa shape index (κ3) is 1.93. The van der Waals surface area contributed by atoms with Crippen molar-refractivity contribution in [1.82, 2.24) is 10.3 Å². The molecule has 0 radical (unpaired) electrons. The van der Waals surface area contributed by atoms with Crippen molar-refractivity contribution in [1.29, 1.82) is 0 Å². The highest BCUT2D eigenvalue weighted by Gasteiger charge is 2.35. The highest BCUT2D eigenvalue weighted by Crippen LogP contribution is 2.40. The van der Waals surface area contributed by atoms with Crippen LogP contribution in [0.3, 0.4) is 0 Å². The number of piperidine rings is 1. The van der Waals surface area contributed by atoms with E-state index in [0.29, 0.717) is 0 Å². The molecule has 1 fully saturated rings. The molecule has 0 unspecified atom stereocenters. The number of hydrogen-bond donors (Lipinski definition) is 1. The Morgan fingerprint density at radius 3 is 2.89 bits per heavy atom. The van der Waals surface area contributed by atoms with Gasteiger partial charge >= 0.3 is 0 Å². The molecule has 1 aliphatic heterocycles. The summed E-state index contributed by atoms with van der Waals surface area (Å²) < 4.78 is 14.3. The predicted molar refractivity (Wildman–Crippen MR) is 73.7 cm³/mol. The van der Waals surface area contributed by atoms with Crippen LogP contribution in [0.15, 0.2) is 18.2 Å². The molecule has 3 rings (SSSR count). The molecule has 2 nitrogen and oxygen atoms in total. The Balaban J connectivity index is 2.06. The van der Waals surface area contributed by atoms with E-state index < -0.39 is 0 Å². The first-order chi connectivity index (χ1) is 8.73. The molecule has 1 aromatic heterocycles. The van der Waals surface area contributed by atoms with Gasteiger partial charge in [0.25, 0.3) is 0 Å². The lowest BCUT2D eigenvalue weighted by Gasteiger charge is -2.34. The molecular formula is C14H17FN2S. The highest BCUT2D eigenvalue weighted by atomic mass is 32.1. The van der Waals surface area contributed by atoms with E-state index in [0.717, 1.165) is 42.6 Å². The van der Waals surface area contributed by atoms with Crippen molar-refractivity contribution in [3.8, 4) is 0 Å². The van der Waals surface area contributed by atoms with Crippen LogP contribution < -0.4 is 5.32 Å². The zero-order valence-corrected chi connectivity index (χ0v) is 11.3. The van der Waals surface area contributed by atoms with Crippen molar-refractivity contribution < 1.29 is 4.39 Å². The maximum absolute atomic E-state index is 13.2. The first-order valence-corrected chi connectivity index (χ1v) is 7.32. The molecule has 0 amide bonds. The van der Waals surface area contributed by atoms with Crippen molar-refractivity contribution in [3.63, 3.8) is 0 Å². The molecule has 0 aliphatic carbocycles. The Morgan fingerprint density at radius 1 is 1.39 bits per heavy atom. The van der Waals surface area contributed by atoms with Gasteiger partial charge in [0.1, 0.15) is 10.8 Å². The third-order valence-electron chi connectivity index (χ3n) is 4.04. The molecular weight excluding hydrogens is 247 g/mol. The number of benzene rings is 1. The first kappa shape index (κ1) is 12.1. The number of thiazole rings is 1. The van der Waals surface area contributed by atoms with Crippen LogP contribution in [-0.2, 0) is 5.41 Å². The average Bonchev–Trinajstić information content (AvgIpc) is 2.83. The first-order valence-electron chi connectivity index (χ1n) is 6.51. The van der Waals surface area contributed by atoms with Crippen molar-refractivity contribution in [2.24, 2.45) is 0 Å². The zero-order valence-electron chi connectivity index (χ0n) is 10.5. The molecule has 0 saturated carbocycles. The normalized spacial score (nSPS) is 19.2. The maximum atomic E-state index is 13.2. The van der Waals surface area contributed by atoms with Gasteiger partial charge in [0, 0.05) is 11.5 Å². The summed E-state index contributed by atoms with van der Waals surface area (Å²) >= 11 is 1.73. The van der Waals surface area contributed by atoms with Crippen LogP contribution in [0.25, 0.3) is 10.2 Å². The number of halogens is 1. The predicted octanol–water partition coefficient (Wildman–Crippen LogP) is 3.47. The molecule has 1 saturated heterocycles. The molecule has 2 heterocycles. The summed E-state index contributed by atoms with van der Waals surface area (Å²) in [6.45, 7) is 4.34. The van der Waals surface area contributed by atoms with Crippen LogP contribution in [0.1, 0.15) is 31.2 Å². The molecule has 96 valence electrons. The number of nitrogens with one attached hydrogen (secondary N) is 1. The highest BCUT2D eigenvalue weighted by molar-refractivity contribution is 7.18. The fourth-order valence-electron chi connectivity index (χ4n) is 2.75.